The highest BCUT2D eigenvalue weighted by molar-refractivity contribution is 14.1. The molecule has 0 fully saturated rings. The van der Waals surface area contributed by atoms with Gasteiger partial charge >= 0.3 is 5.97 Å². The number of esters is 1. The minimum atomic E-state index is -0.722. The van der Waals surface area contributed by atoms with Crippen molar-refractivity contribution in [1.82, 2.24) is 4.90 Å². The van der Waals surface area contributed by atoms with Gasteiger partial charge in [0.05, 0.1) is 11.1 Å². The van der Waals surface area contributed by atoms with E-state index in [-0.39, 0.29) is 0 Å². The van der Waals surface area contributed by atoms with Crippen LogP contribution in [0, 0.1) is 12.3 Å². The Morgan fingerprint density at radius 3 is 2.32 bits per heavy atom. The molecule has 1 aliphatic rings. The fourth-order valence-electron chi connectivity index (χ4n) is 1.70. The number of rotatable bonds is 3. The number of imide groups is 1. The number of alkyl halides is 1. The Labute approximate surface area is 123 Å². The van der Waals surface area contributed by atoms with E-state index < -0.39 is 28.4 Å². The molecule has 1 aromatic carbocycles. The molecular weight excluding hydrogens is 361 g/mol. The summed E-state index contributed by atoms with van der Waals surface area (Å²) in [6, 6.07) is 6.41. The van der Waals surface area contributed by atoms with E-state index in [2.05, 4.69) is 5.92 Å². The van der Waals surface area contributed by atoms with Crippen LogP contribution in [-0.2, 0) is 9.53 Å². The van der Waals surface area contributed by atoms with Crippen LogP contribution in [0.1, 0.15) is 20.7 Å². The Hall–Kier alpha value is -1.88. The number of hydrogen-bond donors (Lipinski definition) is 0. The van der Waals surface area contributed by atoms with Crippen molar-refractivity contribution in [3.63, 3.8) is 0 Å². The number of nitrogens with zero attached hydrogens (tertiary/aromatic N) is 1. The lowest BCUT2D eigenvalue weighted by Crippen LogP contribution is -2.36. The van der Waals surface area contributed by atoms with Crippen molar-refractivity contribution >= 4 is 40.4 Å². The number of hydrogen-bond acceptors (Lipinski definition) is 4. The molecule has 1 heterocycles. The first kappa shape index (κ1) is 13.5. The van der Waals surface area contributed by atoms with E-state index in [9.17, 15) is 14.4 Å². The summed E-state index contributed by atoms with van der Waals surface area (Å²) in [5.74, 6) is 0.506. The molecule has 1 unspecified atom stereocenters. The zero-order chi connectivity index (χ0) is 14.0. The zero-order valence-corrected chi connectivity index (χ0v) is 11.8. The first-order chi connectivity index (χ1) is 9.04. The molecule has 0 radical (unpaired) electrons. The van der Waals surface area contributed by atoms with Crippen LogP contribution in [0.5, 0.6) is 0 Å². The Kier molecular flexibility index (Phi) is 3.85. The maximum Gasteiger partial charge on any atom is 0.328 e. The standard InChI is InChI=1S/C13H8INO4/c1-2-10(14)19-11(16)7-15-12(17)8-5-3-4-6-9(8)13(15)18/h1,3-6,10H,7H2. The van der Waals surface area contributed by atoms with Crippen molar-refractivity contribution in [3.8, 4) is 12.3 Å². The van der Waals surface area contributed by atoms with Crippen LogP contribution in [0.4, 0.5) is 0 Å². The maximum atomic E-state index is 12.0. The van der Waals surface area contributed by atoms with Crippen LogP contribution in [-0.4, -0.2) is 33.3 Å². The second-order valence-corrected chi connectivity index (χ2v) is 4.85. The van der Waals surface area contributed by atoms with Gasteiger partial charge in [-0.2, -0.15) is 0 Å². The quantitative estimate of drug-likeness (QED) is 0.264. The smallest absolute Gasteiger partial charge is 0.328 e. The minimum Gasteiger partial charge on any atom is -0.438 e. The van der Waals surface area contributed by atoms with Gasteiger partial charge in [0.15, 0.2) is 0 Å². The van der Waals surface area contributed by atoms with Crippen molar-refractivity contribution in [3.05, 3.63) is 35.4 Å². The van der Waals surface area contributed by atoms with Gasteiger partial charge in [-0.25, -0.2) is 0 Å². The average molecular weight is 369 g/mol. The summed E-state index contributed by atoms with van der Waals surface area (Å²) in [6.45, 7) is -0.437. The second-order valence-electron chi connectivity index (χ2n) is 3.71. The number of benzene rings is 1. The number of carbonyl (C=O) groups excluding carboxylic acids is 3. The highest BCUT2D eigenvalue weighted by atomic mass is 127. The van der Waals surface area contributed by atoms with E-state index in [1.165, 1.54) is 0 Å². The molecule has 6 heteroatoms. The Balaban J connectivity index is 2.13. The first-order valence-electron chi connectivity index (χ1n) is 5.29. The zero-order valence-electron chi connectivity index (χ0n) is 9.63. The van der Waals surface area contributed by atoms with Crippen molar-refractivity contribution in [1.29, 1.82) is 0 Å². The molecule has 0 N–H and O–H groups in total. The van der Waals surface area contributed by atoms with Gasteiger partial charge in [0.25, 0.3) is 11.8 Å². The third-order valence-electron chi connectivity index (χ3n) is 2.53. The van der Waals surface area contributed by atoms with E-state index in [0.717, 1.165) is 4.90 Å². The Morgan fingerprint density at radius 1 is 1.32 bits per heavy atom. The third-order valence-corrected chi connectivity index (χ3v) is 3.15. The summed E-state index contributed by atoms with van der Waals surface area (Å²) in [5.41, 5.74) is 0.589. The minimum absolute atomic E-state index is 0.295. The lowest BCUT2D eigenvalue weighted by molar-refractivity contribution is -0.143. The molecule has 96 valence electrons. The molecule has 2 rings (SSSR count). The molecule has 0 saturated heterocycles. The Morgan fingerprint density at radius 2 is 1.84 bits per heavy atom. The Bertz CT molecular complexity index is 570. The topological polar surface area (TPSA) is 63.7 Å². The predicted octanol–water partition coefficient (Wildman–Crippen LogP) is 1.22. The molecule has 0 spiro atoms. The highest BCUT2D eigenvalue weighted by Crippen LogP contribution is 2.22. The summed E-state index contributed by atoms with van der Waals surface area (Å²) >= 11 is 1.75. The summed E-state index contributed by atoms with van der Waals surface area (Å²) in [5, 5.41) is 0. The number of fused-ring (bicyclic) bond motifs is 1. The molecule has 0 aromatic heterocycles. The van der Waals surface area contributed by atoms with Gasteiger partial charge in [-0.3, -0.25) is 19.3 Å². The van der Waals surface area contributed by atoms with Crippen LogP contribution in [0.25, 0.3) is 0 Å². The van der Waals surface area contributed by atoms with Gasteiger partial charge < -0.3 is 4.74 Å². The molecule has 0 aliphatic carbocycles. The number of ether oxygens (including phenoxy) is 1. The predicted molar refractivity (Wildman–Crippen MR) is 74.5 cm³/mol. The fourth-order valence-corrected chi connectivity index (χ4v) is 1.98. The van der Waals surface area contributed by atoms with Crippen molar-refractivity contribution < 1.29 is 19.1 Å². The van der Waals surface area contributed by atoms with Crippen LogP contribution in [0.15, 0.2) is 24.3 Å². The van der Waals surface area contributed by atoms with Gasteiger partial charge in [-0.15, -0.1) is 6.42 Å². The molecule has 0 saturated carbocycles. The molecule has 19 heavy (non-hydrogen) atoms. The molecule has 0 bridgehead atoms. The summed E-state index contributed by atoms with van der Waals surface area (Å²) < 4.78 is 4.10. The number of terminal acetylenes is 1. The first-order valence-corrected chi connectivity index (χ1v) is 6.54. The maximum absolute atomic E-state index is 12.0. The van der Waals surface area contributed by atoms with Crippen molar-refractivity contribution in [2.45, 2.75) is 4.11 Å². The normalized spacial score (nSPS) is 14.8. The molecule has 1 aliphatic heterocycles. The van der Waals surface area contributed by atoms with Crippen LogP contribution in [0.3, 0.4) is 0 Å². The average Bonchev–Trinajstić information content (AvgIpc) is 2.64. The van der Waals surface area contributed by atoms with Gasteiger partial charge in [-0.05, 0) is 34.7 Å². The van der Waals surface area contributed by atoms with Crippen LogP contribution < -0.4 is 0 Å². The van der Waals surface area contributed by atoms with Crippen molar-refractivity contribution in [2.75, 3.05) is 6.54 Å². The van der Waals surface area contributed by atoms with E-state index in [0.29, 0.717) is 11.1 Å². The molecule has 1 atom stereocenters. The second kappa shape index (κ2) is 5.40. The molecule has 2 amide bonds. The SMILES string of the molecule is C#CC(I)OC(=O)CN1C(=O)c2ccccc2C1=O. The largest absolute Gasteiger partial charge is 0.438 e. The van der Waals surface area contributed by atoms with Crippen molar-refractivity contribution in [2.24, 2.45) is 0 Å². The van der Waals surface area contributed by atoms with E-state index in [4.69, 9.17) is 11.2 Å². The van der Waals surface area contributed by atoms with E-state index >= 15 is 0 Å². The van der Waals surface area contributed by atoms with Crippen LogP contribution >= 0.6 is 22.6 Å². The van der Waals surface area contributed by atoms with Gasteiger partial charge in [-0.1, -0.05) is 18.1 Å². The summed E-state index contributed by atoms with van der Waals surface area (Å²) in [4.78, 5) is 36.3. The summed E-state index contributed by atoms with van der Waals surface area (Å²) in [6.07, 6.45) is 5.07. The monoisotopic (exact) mass is 369 g/mol. The number of halogens is 1. The fraction of sp³-hybridized carbons (Fsp3) is 0.154. The van der Waals surface area contributed by atoms with E-state index in [1.54, 1.807) is 46.9 Å². The highest BCUT2D eigenvalue weighted by Gasteiger charge is 2.36. The molecular formula is C13H8INO4. The third kappa shape index (κ3) is 2.61. The van der Waals surface area contributed by atoms with Crippen LogP contribution in [0.2, 0.25) is 0 Å². The lowest BCUT2D eigenvalue weighted by Gasteiger charge is -2.13. The molecule has 5 nitrogen and oxygen atoms in total. The lowest BCUT2D eigenvalue weighted by atomic mass is 10.1. The molecule has 1 aromatic rings. The summed E-state index contributed by atoms with van der Waals surface area (Å²) in [7, 11) is 0. The van der Waals surface area contributed by atoms with Gasteiger partial charge in [0, 0.05) is 0 Å². The van der Waals surface area contributed by atoms with Gasteiger partial charge in [0.1, 0.15) is 6.54 Å². The van der Waals surface area contributed by atoms with Gasteiger partial charge in [0.2, 0.25) is 4.11 Å². The number of amides is 2. The van der Waals surface area contributed by atoms with E-state index in [1.807, 2.05) is 0 Å². The number of carbonyl (C=O) groups is 3.